The van der Waals surface area contributed by atoms with Crippen molar-refractivity contribution in [3.8, 4) is 0 Å². The summed E-state index contributed by atoms with van der Waals surface area (Å²) < 4.78 is 0. The monoisotopic (exact) mass is 249 g/mol. The lowest BCUT2D eigenvalue weighted by Crippen LogP contribution is -2.64. The number of carbonyl (C=O) groups excluding carboxylic acids is 1. The van der Waals surface area contributed by atoms with Crippen molar-refractivity contribution in [2.45, 2.75) is 56.9 Å². The zero-order valence-electron chi connectivity index (χ0n) is 11.0. The Kier molecular flexibility index (Phi) is 2.19. The number of hydrogen-bond acceptors (Lipinski definition) is 2. The summed E-state index contributed by atoms with van der Waals surface area (Å²) in [6, 6.07) is 0. The molecular weight excluding hydrogens is 226 g/mol. The Morgan fingerprint density at radius 2 is 1.94 bits per heavy atom. The van der Waals surface area contributed by atoms with Gasteiger partial charge in [-0.05, 0) is 62.2 Å². The highest BCUT2D eigenvalue weighted by Crippen LogP contribution is 2.63. The predicted molar refractivity (Wildman–Crippen MR) is 67.9 cm³/mol. The van der Waals surface area contributed by atoms with Gasteiger partial charge in [-0.3, -0.25) is 4.79 Å². The molecule has 3 heteroatoms. The first-order valence-corrected chi connectivity index (χ1v) is 7.56. The number of aliphatic hydroxyl groups excluding tert-OH is 1. The Balaban J connectivity index is 1.71. The second-order valence-electron chi connectivity index (χ2n) is 7.49. The number of likely N-dealkylation sites (tertiary alicyclic amines) is 1. The highest BCUT2D eigenvalue weighted by molar-refractivity contribution is 5.79. The van der Waals surface area contributed by atoms with Gasteiger partial charge in [0.2, 0.25) is 5.91 Å². The smallest absolute Gasteiger partial charge is 0.223 e. The number of carbonyl (C=O) groups is 1. The fraction of sp³-hybridized carbons (Fsp3) is 0.933. The molecule has 1 aliphatic heterocycles. The predicted octanol–water partition coefficient (Wildman–Crippen LogP) is 1.94. The molecule has 1 amide bonds. The van der Waals surface area contributed by atoms with Gasteiger partial charge in [0, 0.05) is 25.1 Å². The molecule has 4 saturated carbocycles. The Morgan fingerprint density at radius 3 is 2.50 bits per heavy atom. The second kappa shape index (κ2) is 3.50. The summed E-state index contributed by atoms with van der Waals surface area (Å²) in [6.07, 6.45) is 9.09. The Morgan fingerprint density at radius 1 is 1.22 bits per heavy atom. The van der Waals surface area contributed by atoms with E-state index in [0.29, 0.717) is 12.5 Å². The third-order valence-electron chi connectivity index (χ3n) is 6.13. The summed E-state index contributed by atoms with van der Waals surface area (Å²) in [5, 5.41) is 9.85. The van der Waals surface area contributed by atoms with E-state index in [-0.39, 0.29) is 11.0 Å². The van der Waals surface area contributed by atoms with Crippen LogP contribution in [0.5, 0.6) is 0 Å². The maximum atomic E-state index is 12.1. The number of hydrogen-bond donors (Lipinski definition) is 1. The summed E-state index contributed by atoms with van der Waals surface area (Å²) in [4.78, 5) is 14.4. The van der Waals surface area contributed by atoms with E-state index in [2.05, 4.69) is 4.90 Å². The average molecular weight is 249 g/mol. The highest BCUT2D eigenvalue weighted by Gasteiger charge is 2.60. The van der Waals surface area contributed by atoms with E-state index in [0.717, 1.165) is 37.6 Å². The summed E-state index contributed by atoms with van der Waals surface area (Å²) in [7, 11) is 0. The van der Waals surface area contributed by atoms with Crippen LogP contribution in [-0.4, -0.2) is 34.6 Å². The van der Waals surface area contributed by atoms with Crippen molar-refractivity contribution in [3.63, 3.8) is 0 Å². The van der Waals surface area contributed by atoms with Crippen molar-refractivity contribution >= 4 is 5.91 Å². The van der Waals surface area contributed by atoms with Crippen molar-refractivity contribution in [3.05, 3.63) is 0 Å². The number of amides is 1. The van der Waals surface area contributed by atoms with Gasteiger partial charge in [-0.25, -0.2) is 0 Å². The molecule has 1 N–H and O–H groups in total. The van der Waals surface area contributed by atoms with Crippen LogP contribution in [0.25, 0.3) is 0 Å². The molecule has 0 aromatic carbocycles. The van der Waals surface area contributed by atoms with Crippen molar-refractivity contribution in [2.75, 3.05) is 13.2 Å². The van der Waals surface area contributed by atoms with Crippen molar-refractivity contribution in [2.24, 2.45) is 17.3 Å². The van der Waals surface area contributed by atoms with Crippen LogP contribution in [0.2, 0.25) is 0 Å². The lowest BCUT2D eigenvalue weighted by molar-refractivity contribution is -0.162. The summed E-state index contributed by atoms with van der Waals surface area (Å²) >= 11 is 0. The third kappa shape index (κ3) is 1.37. The average Bonchev–Trinajstić information content (AvgIpc) is 2.74. The van der Waals surface area contributed by atoms with Crippen molar-refractivity contribution in [1.29, 1.82) is 0 Å². The van der Waals surface area contributed by atoms with Gasteiger partial charge >= 0.3 is 0 Å². The molecule has 18 heavy (non-hydrogen) atoms. The Hall–Kier alpha value is -0.570. The lowest BCUT2D eigenvalue weighted by atomic mass is 9.46. The van der Waals surface area contributed by atoms with E-state index in [1.807, 2.05) is 0 Å². The SMILES string of the molecule is O=C1CCCN1C12CC3CC(CC(CO)(C3)C1)C2. The fourth-order valence-corrected chi connectivity index (χ4v) is 6.05. The molecule has 1 saturated heterocycles. The van der Waals surface area contributed by atoms with Gasteiger partial charge in [0.05, 0.1) is 0 Å². The van der Waals surface area contributed by atoms with Crippen LogP contribution in [0.3, 0.4) is 0 Å². The minimum absolute atomic E-state index is 0.139. The summed E-state index contributed by atoms with van der Waals surface area (Å²) in [5.41, 5.74) is 0.299. The first-order chi connectivity index (χ1) is 8.65. The fourth-order valence-electron chi connectivity index (χ4n) is 6.05. The van der Waals surface area contributed by atoms with Crippen LogP contribution in [0, 0.1) is 17.3 Å². The lowest BCUT2D eigenvalue weighted by Gasteiger charge is -2.64. The van der Waals surface area contributed by atoms with E-state index in [4.69, 9.17) is 0 Å². The van der Waals surface area contributed by atoms with E-state index in [1.54, 1.807) is 0 Å². The minimum atomic E-state index is 0.139. The van der Waals surface area contributed by atoms with E-state index >= 15 is 0 Å². The molecule has 2 unspecified atom stereocenters. The zero-order valence-corrected chi connectivity index (χ0v) is 11.0. The molecule has 0 aromatic rings. The molecule has 0 aromatic heterocycles. The largest absolute Gasteiger partial charge is 0.396 e. The van der Waals surface area contributed by atoms with E-state index in [9.17, 15) is 9.90 Å². The normalized spacial score (nSPS) is 50.3. The third-order valence-corrected chi connectivity index (χ3v) is 6.13. The van der Waals surface area contributed by atoms with Crippen LogP contribution in [0.1, 0.15) is 51.4 Å². The molecule has 5 rings (SSSR count). The minimum Gasteiger partial charge on any atom is -0.396 e. The van der Waals surface area contributed by atoms with E-state index in [1.165, 1.54) is 32.1 Å². The number of nitrogens with zero attached hydrogens (tertiary/aromatic N) is 1. The summed E-state index contributed by atoms with van der Waals surface area (Å²) in [5.74, 6) is 1.92. The van der Waals surface area contributed by atoms with Gasteiger partial charge < -0.3 is 10.0 Å². The number of rotatable bonds is 2. The van der Waals surface area contributed by atoms with Gasteiger partial charge in [0.1, 0.15) is 0 Å². The molecular formula is C15H23NO2. The second-order valence-corrected chi connectivity index (χ2v) is 7.49. The molecule has 0 spiro atoms. The Bertz CT molecular complexity index is 378. The number of aliphatic hydroxyl groups is 1. The van der Waals surface area contributed by atoms with Crippen LogP contribution in [-0.2, 0) is 4.79 Å². The van der Waals surface area contributed by atoms with Crippen LogP contribution >= 0.6 is 0 Å². The first kappa shape index (κ1) is 11.3. The maximum absolute atomic E-state index is 12.1. The Labute approximate surface area is 109 Å². The topological polar surface area (TPSA) is 40.5 Å². The first-order valence-electron chi connectivity index (χ1n) is 7.56. The molecule has 0 radical (unpaired) electrons. The van der Waals surface area contributed by atoms with Gasteiger partial charge in [0.25, 0.3) is 0 Å². The standard InChI is InChI=1S/C15H23NO2/c17-10-14-5-11-4-12(6-14)8-15(7-11,9-14)16-3-1-2-13(16)18/h11-12,17H,1-10H2. The highest BCUT2D eigenvalue weighted by atomic mass is 16.3. The molecule has 4 bridgehead atoms. The quantitative estimate of drug-likeness (QED) is 0.812. The van der Waals surface area contributed by atoms with Gasteiger partial charge in [-0.1, -0.05) is 0 Å². The van der Waals surface area contributed by atoms with Crippen LogP contribution in [0.4, 0.5) is 0 Å². The summed E-state index contributed by atoms with van der Waals surface area (Å²) in [6.45, 7) is 1.31. The van der Waals surface area contributed by atoms with Gasteiger partial charge in [-0.2, -0.15) is 0 Å². The zero-order chi connectivity index (χ0) is 12.4. The van der Waals surface area contributed by atoms with Gasteiger partial charge in [-0.15, -0.1) is 0 Å². The molecule has 2 atom stereocenters. The molecule has 3 nitrogen and oxygen atoms in total. The van der Waals surface area contributed by atoms with Crippen molar-refractivity contribution < 1.29 is 9.90 Å². The molecule has 5 aliphatic rings. The van der Waals surface area contributed by atoms with Crippen molar-refractivity contribution in [1.82, 2.24) is 4.90 Å². The molecule has 5 fully saturated rings. The van der Waals surface area contributed by atoms with E-state index < -0.39 is 0 Å². The molecule has 1 heterocycles. The maximum Gasteiger partial charge on any atom is 0.223 e. The van der Waals surface area contributed by atoms with Crippen LogP contribution < -0.4 is 0 Å². The molecule has 100 valence electrons. The molecule has 4 aliphatic carbocycles. The van der Waals surface area contributed by atoms with Gasteiger partial charge in [0.15, 0.2) is 0 Å². The van der Waals surface area contributed by atoms with Crippen LogP contribution in [0.15, 0.2) is 0 Å².